The first-order chi connectivity index (χ1) is 12.4. The minimum atomic E-state index is -3.66. The first-order valence-corrected chi connectivity index (χ1v) is 9.79. The second kappa shape index (κ2) is 7.52. The summed E-state index contributed by atoms with van der Waals surface area (Å²) in [5, 5.41) is 6.41. The topological polar surface area (TPSA) is 131 Å². The van der Waals surface area contributed by atoms with Crippen molar-refractivity contribution in [2.24, 2.45) is 5.73 Å². The lowest BCUT2D eigenvalue weighted by molar-refractivity contribution is 0.0949. The summed E-state index contributed by atoms with van der Waals surface area (Å²) in [5.74, 6) is 0.444. The summed E-state index contributed by atoms with van der Waals surface area (Å²) in [6.07, 6.45) is 1.24. The highest BCUT2D eigenvalue weighted by atomic mass is 32.2. The number of hydrogen-bond acceptors (Lipinski definition) is 7. The maximum absolute atomic E-state index is 12.7. The van der Waals surface area contributed by atoms with Gasteiger partial charge in [0.05, 0.1) is 11.4 Å². The molecular weight excluding hydrogens is 358 g/mol. The van der Waals surface area contributed by atoms with Crippen molar-refractivity contribution in [1.82, 2.24) is 19.8 Å². The van der Waals surface area contributed by atoms with Crippen molar-refractivity contribution < 1.29 is 17.7 Å². The van der Waals surface area contributed by atoms with Gasteiger partial charge in [-0.15, -0.1) is 0 Å². The smallest absolute Gasteiger partial charge is 0.251 e. The molecule has 2 heterocycles. The van der Waals surface area contributed by atoms with E-state index >= 15 is 0 Å². The van der Waals surface area contributed by atoms with Gasteiger partial charge in [-0.25, -0.2) is 8.42 Å². The van der Waals surface area contributed by atoms with Gasteiger partial charge < -0.3 is 15.6 Å². The molecule has 3 rings (SSSR count). The lowest BCUT2D eigenvalue weighted by Gasteiger charge is -2.16. The SMILES string of the molecule is CCc1nc(CNC(=O)c2cccc(S(=O)(=O)N3CC[C@@H](N)C3)c2)no1. The van der Waals surface area contributed by atoms with Crippen LogP contribution in [0.15, 0.2) is 33.7 Å². The van der Waals surface area contributed by atoms with E-state index in [2.05, 4.69) is 15.5 Å². The van der Waals surface area contributed by atoms with Crippen molar-refractivity contribution in [3.63, 3.8) is 0 Å². The van der Waals surface area contributed by atoms with E-state index in [0.717, 1.165) is 0 Å². The summed E-state index contributed by atoms with van der Waals surface area (Å²) in [7, 11) is -3.66. The number of nitrogens with two attached hydrogens (primary N) is 1. The van der Waals surface area contributed by atoms with Crippen LogP contribution < -0.4 is 11.1 Å². The number of rotatable bonds is 6. The summed E-state index contributed by atoms with van der Waals surface area (Å²) in [6, 6.07) is 5.78. The predicted octanol–water partition coefficient (Wildman–Crippen LogP) is 0.284. The van der Waals surface area contributed by atoms with E-state index in [9.17, 15) is 13.2 Å². The average Bonchev–Trinajstić information content (AvgIpc) is 3.28. The number of carbonyl (C=O) groups excluding carboxylic acids is 1. The lowest BCUT2D eigenvalue weighted by atomic mass is 10.2. The molecule has 1 amide bonds. The molecule has 2 aromatic rings. The predicted molar refractivity (Wildman–Crippen MR) is 92.6 cm³/mol. The number of amides is 1. The molecule has 1 fully saturated rings. The molecule has 1 aliphatic rings. The van der Waals surface area contributed by atoms with Crippen LogP contribution in [0, 0.1) is 0 Å². The van der Waals surface area contributed by atoms with Crippen LogP contribution in [0.3, 0.4) is 0 Å². The van der Waals surface area contributed by atoms with Gasteiger partial charge in [0.1, 0.15) is 0 Å². The van der Waals surface area contributed by atoms with Crippen molar-refractivity contribution >= 4 is 15.9 Å². The zero-order chi connectivity index (χ0) is 18.7. The number of nitrogens with zero attached hydrogens (tertiary/aromatic N) is 3. The molecule has 0 aliphatic carbocycles. The van der Waals surface area contributed by atoms with E-state index in [1.54, 1.807) is 12.1 Å². The molecule has 0 radical (unpaired) electrons. The van der Waals surface area contributed by atoms with E-state index < -0.39 is 15.9 Å². The standard InChI is InChI=1S/C16H21N5O4S/c1-2-15-19-14(20-25-15)9-18-16(22)11-4-3-5-13(8-11)26(23,24)21-7-6-12(17)10-21/h3-5,8,12H,2,6-7,9-10,17H2,1H3,(H,18,22)/t12-/m1/s1. The fourth-order valence-corrected chi connectivity index (χ4v) is 4.24. The quantitative estimate of drug-likeness (QED) is 0.737. The van der Waals surface area contributed by atoms with Gasteiger partial charge in [0, 0.05) is 31.1 Å². The number of hydrogen-bond donors (Lipinski definition) is 2. The molecule has 1 aromatic heterocycles. The Morgan fingerprint density at radius 2 is 2.27 bits per heavy atom. The third-order valence-corrected chi connectivity index (χ3v) is 6.00. The van der Waals surface area contributed by atoms with Gasteiger partial charge in [-0.3, -0.25) is 4.79 Å². The largest absolute Gasteiger partial charge is 0.345 e. The molecule has 26 heavy (non-hydrogen) atoms. The van der Waals surface area contributed by atoms with E-state index in [1.807, 2.05) is 6.92 Å². The minimum Gasteiger partial charge on any atom is -0.345 e. The molecular formula is C16H21N5O4S. The van der Waals surface area contributed by atoms with E-state index in [0.29, 0.717) is 31.1 Å². The van der Waals surface area contributed by atoms with Crippen molar-refractivity contribution in [1.29, 1.82) is 0 Å². The maximum atomic E-state index is 12.7. The molecule has 1 aliphatic heterocycles. The average molecular weight is 379 g/mol. The van der Waals surface area contributed by atoms with Gasteiger partial charge in [-0.2, -0.15) is 9.29 Å². The summed E-state index contributed by atoms with van der Waals surface area (Å²) in [4.78, 5) is 16.5. The summed E-state index contributed by atoms with van der Waals surface area (Å²) in [5.41, 5.74) is 6.04. The van der Waals surface area contributed by atoms with Crippen molar-refractivity contribution in [2.75, 3.05) is 13.1 Å². The zero-order valence-electron chi connectivity index (χ0n) is 14.4. The third-order valence-electron chi connectivity index (χ3n) is 4.14. The normalized spacial score (nSPS) is 18.2. The van der Waals surface area contributed by atoms with Gasteiger partial charge in [0.2, 0.25) is 15.9 Å². The van der Waals surface area contributed by atoms with Crippen molar-refractivity contribution in [3.05, 3.63) is 41.5 Å². The maximum Gasteiger partial charge on any atom is 0.251 e. The van der Waals surface area contributed by atoms with Crippen LogP contribution in [0.2, 0.25) is 0 Å². The molecule has 0 saturated carbocycles. The Bertz CT molecular complexity index is 896. The van der Waals surface area contributed by atoms with E-state index in [4.69, 9.17) is 10.3 Å². The number of carbonyl (C=O) groups is 1. The Morgan fingerprint density at radius 1 is 1.46 bits per heavy atom. The monoisotopic (exact) mass is 379 g/mol. The molecule has 140 valence electrons. The molecule has 0 spiro atoms. The Kier molecular flexibility index (Phi) is 5.35. The molecule has 9 nitrogen and oxygen atoms in total. The van der Waals surface area contributed by atoms with Crippen LogP contribution in [-0.4, -0.2) is 47.9 Å². The van der Waals surface area contributed by atoms with Crippen molar-refractivity contribution in [3.8, 4) is 0 Å². The van der Waals surface area contributed by atoms with Gasteiger partial charge in [0.25, 0.3) is 5.91 Å². The number of aromatic nitrogens is 2. The highest BCUT2D eigenvalue weighted by Crippen LogP contribution is 2.21. The van der Waals surface area contributed by atoms with Gasteiger partial charge in [-0.1, -0.05) is 18.1 Å². The van der Waals surface area contributed by atoms with Gasteiger partial charge in [-0.05, 0) is 24.6 Å². The first-order valence-electron chi connectivity index (χ1n) is 8.35. The van der Waals surface area contributed by atoms with Crippen LogP contribution in [0.1, 0.15) is 35.4 Å². The molecule has 1 saturated heterocycles. The summed E-state index contributed by atoms with van der Waals surface area (Å²) >= 11 is 0. The number of nitrogens with one attached hydrogen (secondary N) is 1. The molecule has 0 bridgehead atoms. The highest BCUT2D eigenvalue weighted by molar-refractivity contribution is 7.89. The molecule has 0 unspecified atom stereocenters. The molecule has 3 N–H and O–H groups in total. The van der Waals surface area contributed by atoms with E-state index in [-0.39, 0.29) is 29.6 Å². The molecule has 1 aromatic carbocycles. The second-order valence-electron chi connectivity index (χ2n) is 6.08. The Morgan fingerprint density at radius 3 is 2.92 bits per heavy atom. The Balaban J connectivity index is 1.71. The van der Waals surface area contributed by atoms with Crippen LogP contribution >= 0.6 is 0 Å². The van der Waals surface area contributed by atoms with Gasteiger partial charge >= 0.3 is 0 Å². The van der Waals surface area contributed by atoms with Gasteiger partial charge in [0.15, 0.2) is 5.82 Å². The van der Waals surface area contributed by atoms with Crippen LogP contribution in [0.5, 0.6) is 0 Å². The molecule has 1 atom stereocenters. The van der Waals surface area contributed by atoms with Crippen molar-refractivity contribution in [2.45, 2.75) is 37.2 Å². The summed E-state index contributed by atoms with van der Waals surface area (Å²) in [6.45, 7) is 2.66. The Labute approximate surface area is 151 Å². The minimum absolute atomic E-state index is 0.0760. The fraction of sp³-hybridized carbons (Fsp3) is 0.438. The zero-order valence-corrected chi connectivity index (χ0v) is 15.2. The molecule has 10 heteroatoms. The second-order valence-corrected chi connectivity index (χ2v) is 8.02. The number of benzene rings is 1. The number of sulfonamides is 1. The van der Waals surface area contributed by atoms with Crippen LogP contribution in [0.4, 0.5) is 0 Å². The first kappa shape index (κ1) is 18.5. The lowest BCUT2D eigenvalue weighted by Crippen LogP contribution is -2.32. The van der Waals surface area contributed by atoms with Crippen LogP contribution in [-0.2, 0) is 23.0 Å². The Hall–Kier alpha value is -2.30. The van der Waals surface area contributed by atoms with E-state index in [1.165, 1.54) is 16.4 Å². The van der Waals surface area contributed by atoms with Crippen LogP contribution in [0.25, 0.3) is 0 Å². The number of aryl methyl sites for hydroxylation is 1. The fourth-order valence-electron chi connectivity index (χ4n) is 2.69. The highest BCUT2D eigenvalue weighted by Gasteiger charge is 2.31. The third kappa shape index (κ3) is 3.92. The summed E-state index contributed by atoms with van der Waals surface area (Å²) < 4.78 is 31.7.